The molecule has 158 valence electrons. The van der Waals surface area contributed by atoms with Gasteiger partial charge in [-0.2, -0.15) is 0 Å². The van der Waals surface area contributed by atoms with Crippen molar-refractivity contribution in [3.8, 4) is 0 Å². The Kier molecular flexibility index (Phi) is 4.81. The number of nitrogens with one attached hydrogen (secondary N) is 2. The highest BCUT2D eigenvalue weighted by atomic mass is 16.2. The molecule has 4 amide bonds. The fourth-order valence-corrected chi connectivity index (χ4v) is 5.33. The first kappa shape index (κ1) is 19.2. The third-order valence-corrected chi connectivity index (χ3v) is 7.00. The van der Waals surface area contributed by atoms with Gasteiger partial charge in [-0.1, -0.05) is 0 Å². The van der Waals surface area contributed by atoms with Gasteiger partial charge in [0.1, 0.15) is 6.04 Å². The van der Waals surface area contributed by atoms with Gasteiger partial charge in [-0.25, -0.2) is 0 Å². The van der Waals surface area contributed by atoms with Gasteiger partial charge in [0.25, 0.3) is 11.8 Å². The van der Waals surface area contributed by atoms with Gasteiger partial charge < -0.3 is 10.2 Å². The van der Waals surface area contributed by atoms with E-state index in [2.05, 4.69) is 15.5 Å². The van der Waals surface area contributed by atoms with E-state index in [4.69, 9.17) is 0 Å². The van der Waals surface area contributed by atoms with Crippen molar-refractivity contribution in [2.24, 2.45) is 5.92 Å². The molecule has 3 fully saturated rings. The molecule has 2 atom stereocenters. The minimum Gasteiger partial charge on any atom is -0.371 e. The predicted octanol–water partition coefficient (Wildman–Crippen LogP) is 1.06. The van der Waals surface area contributed by atoms with E-state index in [0.29, 0.717) is 23.1 Å². The lowest BCUT2D eigenvalue weighted by Gasteiger charge is -2.36. The summed E-state index contributed by atoms with van der Waals surface area (Å²) < 4.78 is 0. The summed E-state index contributed by atoms with van der Waals surface area (Å²) in [4.78, 5) is 52.7. The molecule has 1 aromatic carbocycles. The second-order valence-corrected chi connectivity index (χ2v) is 8.70. The number of carbonyl (C=O) groups excluding carboxylic acids is 4. The van der Waals surface area contributed by atoms with Crippen molar-refractivity contribution in [1.29, 1.82) is 0 Å². The van der Waals surface area contributed by atoms with E-state index < -0.39 is 23.8 Å². The average Bonchev–Trinajstić information content (AvgIpc) is 3.37. The maximum absolute atomic E-state index is 13.0. The van der Waals surface area contributed by atoms with Crippen LogP contribution in [0.5, 0.6) is 0 Å². The highest BCUT2D eigenvalue weighted by Crippen LogP contribution is 2.33. The summed E-state index contributed by atoms with van der Waals surface area (Å²) in [7, 11) is 0. The molecule has 0 radical (unpaired) electrons. The molecule has 4 aliphatic heterocycles. The summed E-state index contributed by atoms with van der Waals surface area (Å²) in [6.45, 7) is 2.98. The smallest absolute Gasteiger partial charge is 0.262 e. The Morgan fingerprint density at radius 2 is 1.67 bits per heavy atom. The van der Waals surface area contributed by atoms with Crippen molar-refractivity contribution >= 4 is 29.3 Å². The highest BCUT2D eigenvalue weighted by molar-refractivity contribution is 6.23. The zero-order valence-electron chi connectivity index (χ0n) is 16.9. The molecule has 0 bridgehead atoms. The van der Waals surface area contributed by atoms with Gasteiger partial charge in [-0.3, -0.25) is 29.4 Å². The van der Waals surface area contributed by atoms with E-state index in [1.165, 1.54) is 12.8 Å². The van der Waals surface area contributed by atoms with E-state index in [-0.39, 0.29) is 18.7 Å². The van der Waals surface area contributed by atoms with E-state index in [1.54, 1.807) is 12.1 Å². The fourth-order valence-electron chi connectivity index (χ4n) is 5.33. The van der Waals surface area contributed by atoms with Gasteiger partial charge in [-0.05, 0) is 62.8 Å². The van der Waals surface area contributed by atoms with Crippen LogP contribution in [0, 0.1) is 5.92 Å². The summed E-state index contributed by atoms with van der Waals surface area (Å²) in [6, 6.07) is 5.09. The van der Waals surface area contributed by atoms with Crippen LogP contribution in [0.3, 0.4) is 0 Å². The summed E-state index contributed by atoms with van der Waals surface area (Å²) in [5, 5.41) is 5.84. The average molecular weight is 410 g/mol. The lowest BCUT2D eigenvalue weighted by Crippen LogP contribution is -2.54. The topological polar surface area (TPSA) is 98.8 Å². The third kappa shape index (κ3) is 3.19. The summed E-state index contributed by atoms with van der Waals surface area (Å²) >= 11 is 0. The van der Waals surface area contributed by atoms with Crippen molar-refractivity contribution in [3.63, 3.8) is 0 Å². The molecule has 0 aromatic heterocycles. The Hall–Kier alpha value is -2.74. The number of piperidine rings is 2. The van der Waals surface area contributed by atoms with Crippen molar-refractivity contribution in [2.45, 2.75) is 50.6 Å². The molecule has 0 aliphatic carbocycles. The highest BCUT2D eigenvalue weighted by Gasteiger charge is 2.44. The van der Waals surface area contributed by atoms with E-state index in [0.717, 1.165) is 43.1 Å². The number of hydrogen-bond acceptors (Lipinski definition) is 6. The van der Waals surface area contributed by atoms with E-state index >= 15 is 0 Å². The molecule has 4 heterocycles. The number of hydrogen-bond donors (Lipinski definition) is 2. The molecule has 4 aliphatic rings. The number of nitrogens with zero attached hydrogens (tertiary/aromatic N) is 2. The molecule has 3 saturated heterocycles. The number of carbonyl (C=O) groups is 4. The third-order valence-electron chi connectivity index (χ3n) is 7.00. The molecule has 1 aromatic rings. The SMILES string of the molecule is O=C1CCC(N2C(=O)c3ccc(N4CCC(C5CCCN5)CC4)cc3C2=O)C(=O)N1. The summed E-state index contributed by atoms with van der Waals surface area (Å²) in [6.07, 6.45) is 5.05. The number of rotatable bonds is 3. The predicted molar refractivity (Wildman–Crippen MR) is 109 cm³/mol. The minimum atomic E-state index is -0.923. The van der Waals surface area contributed by atoms with Gasteiger partial charge in [0.2, 0.25) is 11.8 Å². The number of benzene rings is 1. The molecule has 0 spiro atoms. The van der Waals surface area contributed by atoms with E-state index in [1.807, 2.05) is 6.07 Å². The maximum Gasteiger partial charge on any atom is 0.262 e. The first-order valence-electron chi connectivity index (χ1n) is 10.9. The van der Waals surface area contributed by atoms with Crippen LogP contribution < -0.4 is 15.5 Å². The Morgan fingerprint density at radius 1 is 0.900 bits per heavy atom. The van der Waals surface area contributed by atoms with Crippen molar-refractivity contribution in [1.82, 2.24) is 15.5 Å². The van der Waals surface area contributed by atoms with Crippen LogP contribution in [0.4, 0.5) is 5.69 Å². The summed E-state index contributed by atoms with van der Waals surface area (Å²) in [5.74, 6) is -1.15. The van der Waals surface area contributed by atoms with Crippen LogP contribution in [0.1, 0.15) is 59.2 Å². The lowest BCUT2D eigenvalue weighted by molar-refractivity contribution is -0.136. The van der Waals surface area contributed by atoms with Crippen molar-refractivity contribution in [2.75, 3.05) is 24.5 Å². The van der Waals surface area contributed by atoms with Crippen LogP contribution in [-0.2, 0) is 9.59 Å². The van der Waals surface area contributed by atoms with Crippen molar-refractivity contribution < 1.29 is 19.2 Å². The monoisotopic (exact) mass is 410 g/mol. The molecule has 30 heavy (non-hydrogen) atoms. The van der Waals surface area contributed by atoms with Crippen LogP contribution in [0.15, 0.2) is 18.2 Å². The first-order chi connectivity index (χ1) is 14.5. The van der Waals surface area contributed by atoms with Gasteiger partial charge in [0, 0.05) is 31.2 Å². The van der Waals surface area contributed by atoms with Crippen molar-refractivity contribution in [3.05, 3.63) is 29.3 Å². The second-order valence-electron chi connectivity index (χ2n) is 8.70. The molecule has 0 saturated carbocycles. The zero-order chi connectivity index (χ0) is 20.8. The standard InChI is InChI=1S/C22H26N4O4/c27-19-6-5-18(20(28)24-19)26-21(29)15-4-3-14(12-16(15)22(26)30)25-10-7-13(8-11-25)17-2-1-9-23-17/h3-4,12-13,17-18,23H,1-2,5-11H2,(H,24,27,28). The largest absolute Gasteiger partial charge is 0.371 e. The molecule has 2 N–H and O–H groups in total. The van der Waals surface area contributed by atoms with Gasteiger partial charge in [0.15, 0.2) is 0 Å². The molecule has 2 unspecified atom stereocenters. The zero-order valence-corrected chi connectivity index (χ0v) is 16.9. The molecule has 5 rings (SSSR count). The number of anilines is 1. The van der Waals surface area contributed by atoms with Gasteiger partial charge in [0.05, 0.1) is 11.1 Å². The molecule has 8 heteroatoms. The van der Waals surface area contributed by atoms with Crippen LogP contribution in [0.25, 0.3) is 0 Å². The Balaban J connectivity index is 1.31. The Labute approximate surface area is 175 Å². The first-order valence-corrected chi connectivity index (χ1v) is 10.9. The fraction of sp³-hybridized carbons (Fsp3) is 0.545. The van der Waals surface area contributed by atoms with Crippen LogP contribution in [0.2, 0.25) is 0 Å². The number of amides is 4. The molecular formula is C22H26N4O4. The van der Waals surface area contributed by atoms with Crippen LogP contribution >= 0.6 is 0 Å². The normalized spacial score (nSPS) is 27.6. The van der Waals surface area contributed by atoms with Gasteiger partial charge in [-0.15, -0.1) is 0 Å². The summed E-state index contributed by atoms with van der Waals surface area (Å²) in [5.41, 5.74) is 1.62. The number of fused-ring (bicyclic) bond motifs is 1. The van der Waals surface area contributed by atoms with Gasteiger partial charge >= 0.3 is 0 Å². The second kappa shape index (κ2) is 7.50. The maximum atomic E-state index is 13.0. The Bertz CT molecular complexity index is 916. The lowest BCUT2D eigenvalue weighted by atomic mass is 9.88. The Morgan fingerprint density at radius 3 is 2.37 bits per heavy atom. The minimum absolute atomic E-state index is 0.125. The van der Waals surface area contributed by atoms with E-state index in [9.17, 15) is 19.2 Å². The molecule has 8 nitrogen and oxygen atoms in total. The molecular weight excluding hydrogens is 384 g/mol. The van der Waals surface area contributed by atoms with Crippen LogP contribution in [-0.4, -0.2) is 60.2 Å². The quantitative estimate of drug-likeness (QED) is 0.723. The number of imide groups is 2.